The lowest BCUT2D eigenvalue weighted by molar-refractivity contribution is 0.589. The highest BCUT2D eigenvalue weighted by molar-refractivity contribution is 6.11. The molecule has 0 aliphatic heterocycles. The molecule has 0 radical (unpaired) electrons. The number of pyridine rings is 3. The monoisotopic (exact) mass is 952 g/mol. The molecule has 0 bridgehead atoms. The molecule has 0 fully saturated rings. The Morgan fingerprint density at radius 1 is 0.329 bits per heavy atom. The highest BCUT2D eigenvalue weighted by atomic mass is 14.7. The van der Waals surface area contributed by atoms with Gasteiger partial charge < -0.3 is 0 Å². The van der Waals surface area contributed by atoms with Gasteiger partial charge in [-0.15, -0.1) is 0 Å². The molecule has 0 N–H and O–H groups in total. The third-order valence-corrected chi connectivity index (χ3v) is 14.9. The van der Waals surface area contributed by atoms with Crippen LogP contribution in [-0.2, 0) is 41.9 Å². The summed E-state index contributed by atoms with van der Waals surface area (Å²) in [6, 6.07) is 63.6. The van der Waals surface area contributed by atoms with Crippen LogP contribution in [0, 0.1) is 6.92 Å². The van der Waals surface area contributed by atoms with Gasteiger partial charge in [-0.1, -0.05) is 196 Å². The quantitative estimate of drug-likeness (QED) is 0.121. The second-order valence-electron chi connectivity index (χ2n) is 23.4. The van der Waals surface area contributed by atoms with Crippen molar-refractivity contribution >= 4 is 21.5 Å². The van der Waals surface area contributed by atoms with Crippen molar-refractivity contribution in [1.29, 1.82) is 0 Å². The molecule has 3 heteroatoms. The molecular formula is C70H69N3. The van der Waals surface area contributed by atoms with Crippen LogP contribution >= 0.6 is 0 Å². The van der Waals surface area contributed by atoms with E-state index in [-0.39, 0.29) is 16.2 Å². The van der Waals surface area contributed by atoms with Crippen LogP contribution in [0.15, 0.2) is 188 Å². The third-order valence-electron chi connectivity index (χ3n) is 14.9. The molecule has 3 nitrogen and oxygen atoms in total. The Morgan fingerprint density at radius 3 is 1.37 bits per heavy atom. The third kappa shape index (κ3) is 10.8. The molecule has 0 spiro atoms. The van der Waals surface area contributed by atoms with Crippen LogP contribution in [0.5, 0.6) is 0 Å². The maximum atomic E-state index is 5.00. The first kappa shape index (κ1) is 49.1. The number of hydrogen-bond acceptors (Lipinski definition) is 3. The number of benzene rings is 7. The molecule has 0 saturated carbocycles. The summed E-state index contributed by atoms with van der Waals surface area (Å²) < 4.78 is 0. The van der Waals surface area contributed by atoms with E-state index in [9.17, 15) is 0 Å². The SMILES string of the molecule is Cc1cc(-c2nccc3c2ccc2cc(C(C)(C)C)ccc23)ccc1-c1ccccc1-c1cc(CCc2ccc(-c3cc(C(C)(C)C)ccn3)cc2)cc(CCc2ccc(-c3cc(C(C)(C)C)ccn3)cc2)c1. The zero-order valence-corrected chi connectivity index (χ0v) is 44.6. The van der Waals surface area contributed by atoms with Gasteiger partial charge >= 0.3 is 0 Å². The zero-order chi connectivity index (χ0) is 51.1. The Kier molecular flexibility index (Phi) is 13.3. The number of aromatic nitrogens is 3. The standard InChI is InChI=1S/C70H69N3/c1-46-39-54(67-64-31-27-53-43-56(68(2,3)4)29-32-61(53)63(64)35-38-73-67)28-30-59(46)62-14-12-11-13-60(62)55-41-49(17-15-47-19-23-51(24-20-47)65-44-57(33-36-71-65)69(5,6)7)40-50(42-55)18-16-48-21-25-52(26-22-48)66-45-58(34-37-72-66)70(8,9)10/h11-14,19-45H,15-18H2,1-10H3. The predicted molar refractivity (Wildman–Crippen MR) is 311 cm³/mol. The molecule has 10 aromatic rings. The van der Waals surface area contributed by atoms with Gasteiger partial charge in [-0.25, -0.2) is 0 Å². The molecular weight excluding hydrogens is 883 g/mol. The second kappa shape index (κ2) is 19.8. The first-order chi connectivity index (χ1) is 34.9. The fourth-order valence-electron chi connectivity index (χ4n) is 10.4. The van der Waals surface area contributed by atoms with Crippen LogP contribution in [0.1, 0.15) is 107 Å². The minimum atomic E-state index is 0.0697. The highest BCUT2D eigenvalue weighted by Gasteiger charge is 2.19. The van der Waals surface area contributed by atoms with E-state index in [1.165, 1.54) is 88.3 Å². The van der Waals surface area contributed by atoms with Crippen LogP contribution < -0.4 is 0 Å². The first-order valence-electron chi connectivity index (χ1n) is 26.2. The summed E-state index contributed by atoms with van der Waals surface area (Å²) in [5.74, 6) is 0. The topological polar surface area (TPSA) is 38.7 Å². The summed E-state index contributed by atoms with van der Waals surface area (Å²) in [4.78, 5) is 14.5. The van der Waals surface area contributed by atoms with Gasteiger partial charge in [0.2, 0.25) is 0 Å². The van der Waals surface area contributed by atoms with Gasteiger partial charge in [0.15, 0.2) is 0 Å². The van der Waals surface area contributed by atoms with Gasteiger partial charge in [0.25, 0.3) is 0 Å². The highest BCUT2D eigenvalue weighted by Crippen LogP contribution is 2.39. The van der Waals surface area contributed by atoms with E-state index in [1.807, 2.05) is 18.6 Å². The van der Waals surface area contributed by atoms with E-state index >= 15 is 0 Å². The van der Waals surface area contributed by atoms with Crippen molar-refractivity contribution in [1.82, 2.24) is 15.0 Å². The van der Waals surface area contributed by atoms with Crippen molar-refractivity contribution in [2.24, 2.45) is 0 Å². The Bertz CT molecular complexity index is 3490. The summed E-state index contributed by atoms with van der Waals surface area (Å²) in [7, 11) is 0. The van der Waals surface area contributed by atoms with Crippen LogP contribution in [0.3, 0.4) is 0 Å². The van der Waals surface area contributed by atoms with E-state index in [4.69, 9.17) is 15.0 Å². The van der Waals surface area contributed by atoms with Crippen molar-refractivity contribution in [2.45, 2.75) is 111 Å². The minimum Gasteiger partial charge on any atom is -0.256 e. The largest absolute Gasteiger partial charge is 0.256 e. The first-order valence-corrected chi connectivity index (χ1v) is 26.2. The van der Waals surface area contributed by atoms with Gasteiger partial charge in [-0.3, -0.25) is 15.0 Å². The van der Waals surface area contributed by atoms with E-state index in [1.54, 1.807) is 0 Å². The van der Waals surface area contributed by atoms with Crippen LogP contribution in [0.25, 0.3) is 77.6 Å². The number of fused-ring (bicyclic) bond motifs is 3. The van der Waals surface area contributed by atoms with Gasteiger partial charge in [0.1, 0.15) is 0 Å². The molecule has 0 amide bonds. The van der Waals surface area contributed by atoms with Crippen molar-refractivity contribution in [3.8, 4) is 56.0 Å². The lowest BCUT2D eigenvalue weighted by Crippen LogP contribution is -2.11. The fraction of sp³-hybridized carbons (Fsp3) is 0.243. The lowest BCUT2D eigenvalue weighted by atomic mass is 9.85. The zero-order valence-electron chi connectivity index (χ0n) is 44.6. The number of aryl methyl sites for hydroxylation is 5. The number of hydrogen-bond donors (Lipinski definition) is 0. The van der Waals surface area contributed by atoms with Gasteiger partial charge in [-0.2, -0.15) is 0 Å². The smallest absolute Gasteiger partial charge is 0.0780 e. The fourth-order valence-corrected chi connectivity index (χ4v) is 10.4. The summed E-state index contributed by atoms with van der Waals surface area (Å²) in [5.41, 5.74) is 22.2. The minimum absolute atomic E-state index is 0.0697. The molecule has 10 rings (SSSR count). The predicted octanol–water partition coefficient (Wildman–Crippen LogP) is 18.3. The molecule has 364 valence electrons. The lowest BCUT2D eigenvalue weighted by Gasteiger charge is -2.20. The molecule has 0 aliphatic rings. The molecule has 0 saturated heterocycles. The van der Waals surface area contributed by atoms with Crippen LogP contribution in [-0.4, -0.2) is 15.0 Å². The van der Waals surface area contributed by atoms with Gasteiger partial charge in [0.05, 0.1) is 17.1 Å². The normalized spacial score (nSPS) is 12.2. The molecule has 0 atom stereocenters. The van der Waals surface area contributed by atoms with Gasteiger partial charge in [0, 0.05) is 40.7 Å². The van der Waals surface area contributed by atoms with Crippen LogP contribution in [0.2, 0.25) is 0 Å². The molecule has 7 aromatic carbocycles. The summed E-state index contributed by atoms with van der Waals surface area (Å²) in [6.07, 6.45) is 9.62. The summed E-state index contributed by atoms with van der Waals surface area (Å²) in [5, 5.41) is 4.94. The van der Waals surface area contributed by atoms with E-state index in [0.29, 0.717) is 0 Å². The Hall–Kier alpha value is -7.49. The van der Waals surface area contributed by atoms with Crippen molar-refractivity contribution < 1.29 is 0 Å². The summed E-state index contributed by atoms with van der Waals surface area (Å²) >= 11 is 0. The second-order valence-corrected chi connectivity index (χ2v) is 23.4. The van der Waals surface area contributed by atoms with E-state index in [0.717, 1.165) is 59.5 Å². The van der Waals surface area contributed by atoms with E-state index in [2.05, 4.69) is 239 Å². The maximum Gasteiger partial charge on any atom is 0.0780 e. The van der Waals surface area contributed by atoms with Crippen molar-refractivity contribution in [3.05, 3.63) is 233 Å². The Morgan fingerprint density at radius 2 is 0.822 bits per heavy atom. The number of rotatable bonds is 11. The molecule has 3 heterocycles. The molecule has 0 unspecified atom stereocenters. The molecule has 73 heavy (non-hydrogen) atoms. The molecule has 0 aliphatic carbocycles. The average molecular weight is 952 g/mol. The van der Waals surface area contributed by atoms with Crippen LogP contribution in [0.4, 0.5) is 0 Å². The van der Waals surface area contributed by atoms with Crippen molar-refractivity contribution in [2.75, 3.05) is 0 Å². The molecule has 3 aromatic heterocycles. The Balaban J connectivity index is 0.955. The Labute approximate surface area is 434 Å². The number of nitrogens with zero attached hydrogens (tertiary/aromatic N) is 3. The van der Waals surface area contributed by atoms with Crippen molar-refractivity contribution in [3.63, 3.8) is 0 Å². The van der Waals surface area contributed by atoms with Gasteiger partial charge in [-0.05, 0) is 168 Å². The maximum absolute atomic E-state index is 5.00. The average Bonchev–Trinajstić information content (AvgIpc) is 3.39. The van der Waals surface area contributed by atoms with E-state index < -0.39 is 0 Å². The summed E-state index contributed by atoms with van der Waals surface area (Å²) in [6.45, 7) is 22.6.